The molecule has 0 spiro atoms. The van der Waals surface area contributed by atoms with Crippen molar-refractivity contribution < 1.29 is 22.7 Å². The maximum Gasteiger partial charge on any atom is 0.255 e. The van der Waals surface area contributed by atoms with E-state index in [1.807, 2.05) is 44.2 Å². The van der Waals surface area contributed by atoms with Gasteiger partial charge in [0, 0.05) is 10.6 Å². The summed E-state index contributed by atoms with van der Waals surface area (Å²) >= 11 is 6.20. The maximum absolute atomic E-state index is 13.1. The first-order chi connectivity index (χ1) is 18.5. The van der Waals surface area contributed by atoms with Gasteiger partial charge in [0.1, 0.15) is 0 Å². The third-order valence-electron chi connectivity index (χ3n) is 6.05. The van der Waals surface area contributed by atoms with Gasteiger partial charge in [-0.1, -0.05) is 48.0 Å². The second-order valence-corrected chi connectivity index (χ2v) is 11.4. The van der Waals surface area contributed by atoms with Gasteiger partial charge in [-0.25, -0.2) is 8.42 Å². The Labute approximate surface area is 234 Å². The highest BCUT2D eigenvalue weighted by Gasteiger charge is 2.20. The van der Waals surface area contributed by atoms with Crippen molar-refractivity contribution in [2.24, 2.45) is 0 Å². The van der Waals surface area contributed by atoms with E-state index < -0.39 is 10.0 Å². The lowest BCUT2D eigenvalue weighted by Crippen LogP contribution is -2.30. The molecule has 0 atom stereocenters. The number of carbonyl (C=O) groups excluding carboxylic acids is 1. The number of nitrogens with one attached hydrogen (secondary N) is 1. The average Bonchev–Trinajstić information content (AvgIpc) is 2.90. The van der Waals surface area contributed by atoms with Crippen LogP contribution in [0.25, 0.3) is 0 Å². The number of amides is 1. The molecule has 1 N–H and O–H groups in total. The Bertz CT molecular complexity index is 1600. The summed E-state index contributed by atoms with van der Waals surface area (Å²) in [6.45, 7) is 3.93. The van der Waals surface area contributed by atoms with Crippen LogP contribution >= 0.6 is 11.6 Å². The smallest absolute Gasteiger partial charge is 0.255 e. The van der Waals surface area contributed by atoms with E-state index in [1.165, 1.54) is 10.6 Å². The summed E-state index contributed by atoms with van der Waals surface area (Å²) < 4.78 is 38.0. The van der Waals surface area contributed by atoms with Gasteiger partial charge in [0.25, 0.3) is 5.91 Å². The van der Waals surface area contributed by atoms with Crippen LogP contribution < -0.4 is 19.1 Å². The van der Waals surface area contributed by atoms with Crippen LogP contribution in [-0.2, 0) is 16.6 Å². The molecule has 202 valence electrons. The summed E-state index contributed by atoms with van der Waals surface area (Å²) in [7, 11) is -1.99. The van der Waals surface area contributed by atoms with Crippen molar-refractivity contribution >= 4 is 38.9 Å². The third kappa shape index (κ3) is 6.90. The quantitative estimate of drug-likeness (QED) is 0.237. The zero-order chi connectivity index (χ0) is 28.2. The summed E-state index contributed by atoms with van der Waals surface area (Å²) in [4.78, 5) is 13.1. The first kappa shape index (κ1) is 28.0. The van der Waals surface area contributed by atoms with E-state index >= 15 is 0 Å². The molecule has 0 radical (unpaired) electrons. The molecule has 0 saturated heterocycles. The van der Waals surface area contributed by atoms with Crippen molar-refractivity contribution in [2.45, 2.75) is 20.4 Å². The van der Waals surface area contributed by atoms with Crippen molar-refractivity contribution in [2.75, 3.05) is 23.0 Å². The predicted octanol–water partition coefficient (Wildman–Crippen LogP) is 6.98. The van der Waals surface area contributed by atoms with Gasteiger partial charge in [-0.05, 0) is 79.1 Å². The molecule has 4 aromatic rings. The number of rotatable bonds is 9. The van der Waals surface area contributed by atoms with E-state index in [4.69, 9.17) is 21.1 Å². The number of anilines is 2. The number of hydrogen-bond donors (Lipinski definition) is 1. The van der Waals surface area contributed by atoms with E-state index in [2.05, 4.69) is 5.32 Å². The highest BCUT2D eigenvalue weighted by molar-refractivity contribution is 7.92. The summed E-state index contributed by atoms with van der Waals surface area (Å²) in [6.07, 6.45) is 1.19. The van der Waals surface area contributed by atoms with E-state index in [0.717, 1.165) is 16.7 Å². The summed E-state index contributed by atoms with van der Waals surface area (Å²) in [6, 6.07) is 24.6. The van der Waals surface area contributed by atoms with Crippen LogP contribution in [0.5, 0.6) is 17.2 Å². The first-order valence-corrected chi connectivity index (χ1v) is 14.3. The molecule has 0 bridgehead atoms. The molecule has 0 aliphatic carbocycles. The van der Waals surface area contributed by atoms with Crippen LogP contribution in [0.3, 0.4) is 0 Å². The molecule has 0 heterocycles. The summed E-state index contributed by atoms with van der Waals surface area (Å²) in [5.41, 5.74) is 3.96. The van der Waals surface area contributed by atoms with Crippen LogP contribution in [0.1, 0.15) is 27.0 Å². The number of sulfonamides is 1. The minimum atomic E-state index is -3.54. The number of hydrogen-bond acceptors (Lipinski definition) is 5. The Morgan fingerprint density at radius 1 is 0.897 bits per heavy atom. The molecular weight excluding hydrogens is 536 g/mol. The van der Waals surface area contributed by atoms with Crippen molar-refractivity contribution in [3.8, 4) is 17.2 Å². The average molecular weight is 565 g/mol. The first-order valence-electron chi connectivity index (χ1n) is 12.1. The molecule has 0 saturated carbocycles. The van der Waals surface area contributed by atoms with Gasteiger partial charge in [0.2, 0.25) is 10.0 Å². The number of carbonyl (C=O) groups is 1. The fraction of sp³-hybridized carbons (Fsp3) is 0.167. The summed E-state index contributed by atoms with van der Waals surface area (Å²) in [5, 5.41) is 3.28. The SMILES string of the molecule is COc1ccccc1Oc1ccc(Cl)cc1NC(=O)c1ccc(CN(c2cc(C)ccc2C)S(C)(=O)=O)cc1. The second-order valence-electron chi connectivity index (χ2n) is 9.10. The molecule has 0 unspecified atom stereocenters. The molecule has 39 heavy (non-hydrogen) atoms. The van der Waals surface area contributed by atoms with Gasteiger partial charge >= 0.3 is 0 Å². The van der Waals surface area contributed by atoms with Crippen molar-refractivity contribution in [3.05, 3.63) is 112 Å². The fourth-order valence-corrected chi connectivity index (χ4v) is 5.11. The molecule has 1 amide bonds. The molecule has 9 heteroatoms. The zero-order valence-electron chi connectivity index (χ0n) is 22.1. The number of methoxy groups -OCH3 is 1. The monoisotopic (exact) mass is 564 g/mol. The lowest BCUT2D eigenvalue weighted by molar-refractivity contribution is 0.102. The normalized spacial score (nSPS) is 11.1. The molecule has 0 aromatic heterocycles. The zero-order valence-corrected chi connectivity index (χ0v) is 23.6. The Kier molecular flexibility index (Phi) is 8.47. The molecule has 7 nitrogen and oxygen atoms in total. The van der Waals surface area contributed by atoms with Gasteiger partial charge in [-0.15, -0.1) is 0 Å². The Hall–Kier alpha value is -4.01. The van der Waals surface area contributed by atoms with Gasteiger partial charge in [0.15, 0.2) is 17.2 Å². The third-order valence-corrected chi connectivity index (χ3v) is 7.42. The number of aryl methyl sites for hydroxylation is 2. The maximum atomic E-state index is 13.1. The molecular formula is C30H29ClN2O5S. The van der Waals surface area contributed by atoms with Crippen LogP contribution in [0.4, 0.5) is 11.4 Å². The van der Waals surface area contributed by atoms with Gasteiger partial charge < -0.3 is 14.8 Å². The number of ether oxygens (including phenoxy) is 2. The largest absolute Gasteiger partial charge is 0.493 e. The van der Waals surface area contributed by atoms with Crippen molar-refractivity contribution in [1.29, 1.82) is 0 Å². The van der Waals surface area contributed by atoms with Crippen LogP contribution in [-0.4, -0.2) is 27.7 Å². The minimum absolute atomic E-state index is 0.135. The van der Waals surface area contributed by atoms with Crippen LogP contribution in [0, 0.1) is 13.8 Å². The number of para-hydroxylation sites is 2. The van der Waals surface area contributed by atoms with Crippen molar-refractivity contribution in [1.82, 2.24) is 0 Å². The van der Waals surface area contributed by atoms with Gasteiger partial charge in [-0.2, -0.15) is 0 Å². The lowest BCUT2D eigenvalue weighted by atomic mass is 10.1. The molecule has 0 fully saturated rings. The van der Waals surface area contributed by atoms with E-state index in [1.54, 1.807) is 61.7 Å². The fourth-order valence-electron chi connectivity index (χ4n) is 4.00. The van der Waals surface area contributed by atoms with E-state index in [9.17, 15) is 13.2 Å². The lowest BCUT2D eigenvalue weighted by Gasteiger charge is -2.25. The summed E-state index contributed by atoms with van der Waals surface area (Å²) in [5.74, 6) is 1.06. The predicted molar refractivity (Wildman–Crippen MR) is 156 cm³/mol. The Balaban J connectivity index is 1.54. The Morgan fingerprint density at radius 2 is 1.59 bits per heavy atom. The van der Waals surface area contributed by atoms with E-state index in [-0.39, 0.29) is 12.5 Å². The molecule has 0 aliphatic rings. The highest BCUT2D eigenvalue weighted by atomic mass is 35.5. The minimum Gasteiger partial charge on any atom is -0.493 e. The number of halogens is 1. The second kappa shape index (κ2) is 11.8. The number of nitrogens with zero attached hydrogens (tertiary/aromatic N) is 1. The molecule has 4 aromatic carbocycles. The van der Waals surface area contributed by atoms with Crippen molar-refractivity contribution in [3.63, 3.8) is 0 Å². The molecule has 4 rings (SSSR count). The molecule has 0 aliphatic heterocycles. The Morgan fingerprint density at radius 3 is 2.26 bits per heavy atom. The topological polar surface area (TPSA) is 84.9 Å². The van der Waals surface area contributed by atoms with Gasteiger partial charge in [-0.3, -0.25) is 9.10 Å². The van der Waals surface area contributed by atoms with Crippen LogP contribution in [0.2, 0.25) is 5.02 Å². The van der Waals surface area contributed by atoms with E-state index in [0.29, 0.717) is 39.2 Å². The highest BCUT2D eigenvalue weighted by Crippen LogP contribution is 2.36. The van der Waals surface area contributed by atoms with Crippen LogP contribution in [0.15, 0.2) is 84.9 Å². The standard InChI is InChI=1S/C30H29ClN2O5S/c1-20-9-10-21(2)26(17-20)33(39(4,35)36)19-22-11-13-23(14-12-22)30(34)32-25-18-24(31)15-16-27(25)38-29-8-6-5-7-28(29)37-3/h5-18H,19H2,1-4H3,(H,32,34). The van der Waals surface area contributed by atoms with Gasteiger partial charge in [0.05, 0.1) is 31.3 Å². The number of benzene rings is 4.